The number of aliphatic hydroxyl groups excluding tert-OH is 2. The summed E-state index contributed by atoms with van der Waals surface area (Å²) in [6.07, 6.45) is -25.2. The van der Waals surface area contributed by atoms with Gasteiger partial charge >= 0.3 is 0 Å². The van der Waals surface area contributed by atoms with Gasteiger partial charge in [0.1, 0.15) is 91.5 Å². The molecule has 117 heavy (non-hydrogen) atoms. The van der Waals surface area contributed by atoms with Crippen molar-refractivity contribution in [3.63, 3.8) is 0 Å². The molecule has 632 valence electrons. The van der Waals surface area contributed by atoms with E-state index in [1.807, 2.05) is 219 Å². The summed E-state index contributed by atoms with van der Waals surface area (Å²) in [6, 6.07) is 65.3. The lowest BCUT2D eigenvalue weighted by Crippen LogP contribution is -2.69. The second-order valence-electron chi connectivity index (χ2n) is 31.1. The average Bonchev–Trinajstić information content (AvgIpc) is 0.767. The van der Waals surface area contributed by atoms with Crippen LogP contribution in [0.1, 0.15) is 107 Å². The van der Waals surface area contributed by atoms with Gasteiger partial charge in [0.05, 0.1) is 102 Å². The van der Waals surface area contributed by atoms with E-state index >= 15 is 0 Å². The molecule has 12 rings (SSSR count). The molecule has 25 atom stereocenters. The van der Waals surface area contributed by atoms with E-state index in [1.165, 1.54) is 14.0 Å². The van der Waals surface area contributed by atoms with Crippen molar-refractivity contribution >= 4 is 11.8 Å². The molecule has 0 spiro atoms. The van der Waals surface area contributed by atoms with Crippen molar-refractivity contribution in [2.75, 3.05) is 20.3 Å². The summed E-state index contributed by atoms with van der Waals surface area (Å²) in [7, 11) is 1.48. The maximum Gasteiger partial charge on any atom is 0.223 e. The zero-order valence-corrected chi connectivity index (χ0v) is 67.9. The second kappa shape index (κ2) is 44.1. The SMILES string of the molecule is C=CCCCOC1O[C@H](COCc2ccccc2)[C@H](OCc2ccccc2)[C@H](O[C@@H]2O[C@@H](C)[C@H](OCc3ccccc3)[C@@H](OCc3ccccc3)[C@H]2O[C@@H]2O[C@@H](C)[C@H](OCc3ccccc3)[C@@H](O[C@@H]3O[C@@H](C)[C@H](OCc4ccccc4)[C@@H](O[C@@H]4O[C@H](C)[C@@H](NC(=O)CC(C)(C)O)[C@H](OCc5ccccc5)[C@H]4OC)[C@H]3O)[C@H]2O)[C@H]1NC(C)=O. The number of carbonyl (C=O) groups is 2. The van der Waals surface area contributed by atoms with Gasteiger partial charge in [-0.2, -0.15) is 0 Å². The van der Waals surface area contributed by atoms with E-state index in [9.17, 15) is 24.9 Å². The molecule has 0 saturated carbocycles. The van der Waals surface area contributed by atoms with Crippen LogP contribution < -0.4 is 10.6 Å². The first-order valence-electron chi connectivity index (χ1n) is 40.6. The molecule has 5 heterocycles. The molecule has 5 saturated heterocycles. The molecular weight excluding hydrogens is 1500 g/mol. The highest BCUT2D eigenvalue weighted by Gasteiger charge is 2.59. The van der Waals surface area contributed by atoms with Crippen LogP contribution in [-0.2, 0) is 141 Å². The molecule has 0 aromatic heterocycles. The Hall–Kier alpha value is -7.62. The molecule has 5 fully saturated rings. The zero-order valence-electron chi connectivity index (χ0n) is 67.9. The Labute approximate surface area is 686 Å². The minimum atomic E-state index is -1.82. The summed E-state index contributed by atoms with van der Waals surface area (Å²) in [5.74, 6) is -0.873. The van der Waals surface area contributed by atoms with Crippen LogP contribution >= 0.6 is 0 Å². The standard InChI is InChI=1S/C92H116N2O23/c1-10-11-33-48-102-87-73(93-62(6)95)81(79(106-54-67-42-27-16-28-43-67)70(113-87)57-101-50-63-34-19-12-20-35-63)114-91-86(84(108-56-69-46-31-18-32-47-69)78(61(5)112-91)105-53-66-40-25-15-26-41-66)117-89-74(97)82(76(59(3)111-89)103-51-64-36-21-13-22-37-64)115-88-75(98)83(77(60(4)110-88)104-52-65-38-23-14-24-39-65)116-90-85(100-9)80(107-55-68-44-29-17-30-45-68)72(58(2)109-90)94-71(96)49-92(7,8)99/h10,12-32,34-47,58-61,70,72-91,97-99H,1,11,33,48-57H2,2-9H3,(H,93,95)(H,94,96)/t58-,59+,60+,61+,70-,72-,73-,74-,75-,76+,77+,78+,79+,80+,81-,82+,83+,84-,85-,86-,87?,88+,89+,90+,91+/m1/s1. The number of hydrogen-bond acceptors (Lipinski definition) is 23. The number of unbranched alkanes of at least 4 members (excludes halogenated alkanes) is 1. The predicted molar refractivity (Wildman–Crippen MR) is 430 cm³/mol. The van der Waals surface area contributed by atoms with E-state index in [2.05, 4.69) is 17.2 Å². The third-order valence-electron chi connectivity index (χ3n) is 21.3. The fourth-order valence-corrected chi connectivity index (χ4v) is 15.4. The minimum Gasteiger partial charge on any atom is -0.390 e. The van der Waals surface area contributed by atoms with Crippen molar-refractivity contribution in [1.29, 1.82) is 0 Å². The first-order valence-corrected chi connectivity index (χ1v) is 40.6. The van der Waals surface area contributed by atoms with Gasteiger partial charge in [-0.25, -0.2) is 0 Å². The van der Waals surface area contributed by atoms with Crippen LogP contribution in [0.15, 0.2) is 225 Å². The first kappa shape index (κ1) is 88.7. The molecule has 5 aliphatic heterocycles. The number of amides is 2. The van der Waals surface area contributed by atoms with Crippen molar-refractivity contribution in [2.24, 2.45) is 0 Å². The summed E-state index contributed by atoms with van der Waals surface area (Å²) in [5.41, 5.74) is 4.55. The fourth-order valence-electron chi connectivity index (χ4n) is 15.4. The fraction of sp³-hybridized carbons (Fsp3) is 0.500. The van der Waals surface area contributed by atoms with Crippen LogP contribution in [0.25, 0.3) is 0 Å². The Morgan fingerprint density at radius 2 is 0.752 bits per heavy atom. The highest BCUT2D eigenvalue weighted by molar-refractivity contribution is 5.77. The summed E-state index contributed by atoms with van der Waals surface area (Å²) < 4.78 is 125. The van der Waals surface area contributed by atoms with Crippen molar-refractivity contribution in [2.45, 2.75) is 273 Å². The summed E-state index contributed by atoms with van der Waals surface area (Å²) >= 11 is 0. The minimum absolute atomic E-state index is 0.0202. The molecule has 25 heteroatoms. The molecule has 5 N–H and O–H groups in total. The number of ether oxygens (including phenoxy) is 18. The van der Waals surface area contributed by atoms with E-state index in [-0.39, 0.29) is 65.9 Å². The van der Waals surface area contributed by atoms with Crippen molar-refractivity contribution in [3.05, 3.63) is 264 Å². The third kappa shape index (κ3) is 25.0. The quantitative estimate of drug-likeness (QED) is 0.0176. The number of aliphatic hydroxyl groups is 3. The van der Waals surface area contributed by atoms with Crippen LogP contribution in [0.3, 0.4) is 0 Å². The lowest BCUT2D eigenvalue weighted by atomic mass is 9.94. The van der Waals surface area contributed by atoms with Gasteiger partial charge in [0.2, 0.25) is 11.8 Å². The van der Waals surface area contributed by atoms with E-state index in [0.717, 1.165) is 38.9 Å². The monoisotopic (exact) mass is 1620 g/mol. The van der Waals surface area contributed by atoms with E-state index in [4.69, 9.17) is 85.3 Å². The predicted octanol–water partition coefficient (Wildman–Crippen LogP) is 10.8. The Kier molecular flexibility index (Phi) is 33.4. The normalized spacial score (nSPS) is 31.4. The maximum atomic E-state index is 13.9. The third-order valence-corrected chi connectivity index (χ3v) is 21.3. The van der Waals surface area contributed by atoms with Crippen LogP contribution in [0.4, 0.5) is 0 Å². The number of carbonyl (C=O) groups excluding carboxylic acids is 2. The molecule has 0 aliphatic carbocycles. The summed E-state index contributed by atoms with van der Waals surface area (Å²) in [4.78, 5) is 27.7. The molecule has 1 unspecified atom stereocenters. The molecule has 5 aliphatic rings. The van der Waals surface area contributed by atoms with E-state index in [1.54, 1.807) is 40.7 Å². The Balaban J connectivity index is 0.922. The zero-order chi connectivity index (χ0) is 82.2. The molecule has 25 nitrogen and oxygen atoms in total. The molecule has 0 radical (unpaired) electrons. The number of nitrogens with one attached hydrogen (secondary N) is 2. The largest absolute Gasteiger partial charge is 0.390 e. The molecule has 7 aromatic rings. The molecular formula is C92H116N2O23. The second-order valence-corrected chi connectivity index (χ2v) is 31.1. The van der Waals surface area contributed by atoms with Crippen molar-refractivity contribution in [3.8, 4) is 0 Å². The summed E-state index contributed by atoms with van der Waals surface area (Å²) in [5, 5.41) is 44.0. The molecule has 7 aromatic carbocycles. The van der Waals surface area contributed by atoms with Crippen molar-refractivity contribution in [1.82, 2.24) is 10.6 Å². The molecule has 0 bridgehead atoms. The topological polar surface area (TPSA) is 285 Å². The average molecular weight is 1620 g/mol. The van der Waals surface area contributed by atoms with Crippen LogP contribution in [0.5, 0.6) is 0 Å². The van der Waals surface area contributed by atoms with Gasteiger partial charge in [-0.3, -0.25) is 9.59 Å². The number of hydrogen-bond donors (Lipinski definition) is 5. The number of allylic oxidation sites excluding steroid dienone is 1. The smallest absolute Gasteiger partial charge is 0.223 e. The van der Waals surface area contributed by atoms with Gasteiger partial charge in [-0.15, -0.1) is 6.58 Å². The lowest BCUT2D eigenvalue weighted by Gasteiger charge is -2.52. The Morgan fingerprint density at radius 1 is 0.402 bits per heavy atom. The van der Waals surface area contributed by atoms with E-state index < -0.39 is 171 Å². The van der Waals surface area contributed by atoms with Crippen LogP contribution in [0, 0.1) is 0 Å². The number of benzene rings is 7. The highest BCUT2D eigenvalue weighted by Crippen LogP contribution is 2.41. The van der Waals surface area contributed by atoms with Gasteiger partial charge in [0, 0.05) is 14.0 Å². The molecule has 2 amide bonds. The Morgan fingerprint density at radius 3 is 1.16 bits per heavy atom. The highest BCUT2D eigenvalue weighted by atomic mass is 16.8. The number of rotatable bonds is 40. The number of methoxy groups -OCH3 is 1. The van der Waals surface area contributed by atoms with Crippen molar-refractivity contribution < 1.29 is 110 Å². The Bertz CT molecular complexity index is 4040. The summed E-state index contributed by atoms with van der Waals surface area (Å²) in [6.45, 7) is 16.4. The van der Waals surface area contributed by atoms with Gasteiger partial charge in [0.25, 0.3) is 0 Å². The van der Waals surface area contributed by atoms with Gasteiger partial charge in [-0.05, 0) is 93.3 Å². The van der Waals surface area contributed by atoms with Gasteiger partial charge in [-0.1, -0.05) is 218 Å². The van der Waals surface area contributed by atoms with Crippen LogP contribution in [0.2, 0.25) is 0 Å². The first-order chi connectivity index (χ1) is 56.8. The van der Waals surface area contributed by atoms with E-state index in [0.29, 0.717) is 12.8 Å². The van der Waals surface area contributed by atoms with Gasteiger partial charge < -0.3 is 111 Å². The maximum absolute atomic E-state index is 13.9. The van der Waals surface area contributed by atoms with Crippen LogP contribution in [-0.4, -0.2) is 206 Å². The van der Waals surface area contributed by atoms with Gasteiger partial charge in [0.15, 0.2) is 31.5 Å². The lowest BCUT2D eigenvalue weighted by molar-refractivity contribution is -0.400.